The van der Waals surface area contributed by atoms with Crippen LogP contribution in [-0.4, -0.2) is 62.5 Å². The van der Waals surface area contributed by atoms with Gasteiger partial charge in [0.25, 0.3) is 5.91 Å². The molecule has 2 atom stereocenters. The van der Waals surface area contributed by atoms with Crippen molar-refractivity contribution in [3.63, 3.8) is 0 Å². The Morgan fingerprint density at radius 1 is 1.37 bits per heavy atom. The minimum absolute atomic E-state index is 0.0364. The first-order valence-electron chi connectivity index (χ1n) is 8.70. The van der Waals surface area contributed by atoms with E-state index in [1.165, 1.54) is 24.1 Å². The van der Waals surface area contributed by atoms with Crippen LogP contribution in [0.4, 0.5) is 4.39 Å². The van der Waals surface area contributed by atoms with E-state index in [-0.39, 0.29) is 28.9 Å². The molecule has 1 amide bonds. The molecule has 1 saturated heterocycles. The fourth-order valence-electron chi connectivity index (χ4n) is 3.07. The first-order valence-corrected chi connectivity index (χ1v) is 10.5. The predicted molar refractivity (Wildman–Crippen MR) is 96.9 cm³/mol. The van der Waals surface area contributed by atoms with Crippen LogP contribution >= 0.6 is 0 Å². The van der Waals surface area contributed by atoms with E-state index < -0.39 is 40.2 Å². The van der Waals surface area contributed by atoms with Gasteiger partial charge in [-0.05, 0) is 31.9 Å². The fourth-order valence-corrected chi connectivity index (χ4v) is 4.78. The lowest BCUT2D eigenvalue weighted by molar-refractivity contribution is -0.138. The highest BCUT2D eigenvalue weighted by molar-refractivity contribution is 7.91. The lowest BCUT2D eigenvalue weighted by atomic mass is 10.1. The van der Waals surface area contributed by atoms with Gasteiger partial charge in [0.2, 0.25) is 0 Å². The average molecular weight is 401 g/mol. The first kappa shape index (κ1) is 21.1. The molecule has 1 aromatic carbocycles. The summed E-state index contributed by atoms with van der Waals surface area (Å²) >= 11 is 0. The number of ether oxygens (including phenoxy) is 2. The smallest absolute Gasteiger partial charge is 0.341 e. The third kappa shape index (κ3) is 5.18. The van der Waals surface area contributed by atoms with E-state index in [1.54, 1.807) is 0 Å². The predicted octanol–water partition coefficient (Wildman–Crippen LogP) is 1.81. The topological polar surface area (TPSA) is 90.0 Å². The van der Waals surface area contributed by atoms with E-state index >= 15 is 0 Å². The third-order valence-corrected chi connectivity index (χ3v) is 6.43. The number of rotatable bonds is 7. The van der Waals surface area contributed by atoms with E-state index in [2.05, 4.69) is 0 Å². The molecule has 2 rings (SSSR count). The zero-order valence-electron chi connectivity index (χ0n) is 15.6. The molecular formula is C18H24FNO6S. The van der Waals surface area contributed by atoms with Crippen molar-refractivity contribution in [2.45, 2.75) is 38.8 Å². The summed E-state index contributed by atoms with van der Waals surface area (Å²) in [5.74, 6) is -2.07. The van der Waals surface area contributed by atoms with E-state index in [1.807, 2.05) is 13.8 Å². The molecule has 27 heavy (non-hydrogen) atoms. The lowest BCUT2D eigenvalue weighted by Crippen LogP contribution is -2.48. The number of carbonyl (C=O) groups is 2. The first-order chi connectivity index (χ1) is 12.7. The van der Waals surface area contributed by atoms with E-state index in [4.69, 9.17) is 9.47 Å². The Kier molecular flexibility index (Phi) is 6.80. The molecule has 0 saturated carbocycles. The standard InChI is InChI=1S/C18H24FNO6S/c1-4-12(2)20(13-7-8-27(23,24)11-13)17(21)10-26-18(22)15-6-5-14(25-3)9-16(15)19/h5-6,9,12-13H,4,7-8,10-11H2,1-3H3/t12-,13-/m0/s1. The monoisotopic (exact) mass is 401 g/mol. The minimum atomic E-state index is -3.17. The number of amides is 1. The van der Waals surface area contributed by atoms with Gasteiger partial charge in [-0.25, -0.2) is 17.6 Å². The maximum absolute atomic E-state index is 13.9. The maximum Gasteiger partial charge on any atom is 0.341 e. The van der Waals surface area contributed by atoms with Crippen molar-refractivity contribution in [3.05, 3.63) is 29.6 Å². The summed E-state index contributed by atoms with van der Waals surface area (Å²) < 4.78 is 47.3. The Morgan fingerprint density at radius 2 is 2.07 bits per heavy atom. The van der Waals surface area contributed by atoms with Crippen molar-refractivity contribution >= 4 is 21.7 Å². The van der Waals surface area contributed by atoms with Crippen LogP contribution in [0.2, 0.25) is 0 Å². The number of hydrogen-bond acceptors (Lipinski definition) is 6. The summed E-state index contributed by atoms with van der Waals surface area (Å²) in [7, 11) is -1.79. The number of carbonyl (C=O) groups excluding carboxylic acids is 2. The number of nitrogens with zero attached hydrogens (tertiary/aromatic N) is 1. The lowest BCUT2D eigenvalue weighted by Gasteiger charge is -2.33. The van der Waals surface area contributed by atoms with E-state index in [9.17, 15) is 22.4 Å². The molecule has 1 aliphatic heterocycles. The van der Waals surface area contributed by atoms with Crippen LogP contribution in [0.25, 0.3) is 0 Å². The number of methoxy groups -OCH3 is 1. The maximum atomic E-state index is 13.9. The quantitative estimate of drug-likeness (QED) is 0.648. The second kappa shape index (κ2) is 8.69. The molecule has 0 unspecified atom stereocenters. The normalized spacial score (nSPS) is 19.3. The Balaban J connectivity index is 2.06. The molecule has 0 N–H and O–H groups in total. The number of esters is 1. The van der Waals surface area contributed by atoms with Crippen molar-refractivity contribution in [1.29, 1.82) is 0 Å². The molecule has 0 bridgehead atoms. The Labute approximate surface area is 158 Å². The number of sulfone groups is 1. The van der Waals surface area contributed by atoms with Crippen LogP contribution < -0.4 is 4.74 Å². The van der Waals surface area contributed by atoms with Crippen LogP contribution in [-0.2, 0) is 19.4 Å². The fraction of sp³-hybridized carbons (Fsp3) is 0.556. The van der Waals surface area contributed by atoms with Gasteiger partial charge in [0.15, 0.2) is 16.4 Å². The summed E-state index contributed by atoms with van der Waals surface area (Å²) in [5.41, 5.74) is -0.304. The SMILES string of the molecule is CC[C@H](C)N(C(=O)COC(=O)c1ccc(OC)cc1F)[C@H]1CCS(=O)(=O)C1. The van der Waals surface area contributed by atoms with Gasteiger partial charge in [-0.2, -0.15) is 0 Å². The summed E-state index contributed by atoms with van der Waals surface area (Å²) in [4.78, 5) is 26.2. The molecule has 150 valence electrons. The van der Waals surface area contributed by atoms with Gasteiger partial charge in [-0.15, -0.1) is 0 Å². The second-order valence-corrected chi connectivity index (χ2v) is 8.77. The van der Waals surface area contributed by atoms with Gasteiger partial charge >= 0.3 is 5.97 Å². The average Bonchev–Trinajstić information content (AvgIpc) is 2.98. The van der Waals surface area contributed by atoms with Gasteiger partial charge in [-0.3, -0.25) is 4.79 Å². The minimum Gasteiger partial charge on any atom is -0.497 e. The van der Waals surface area contributed by atoms with Crippen molar-refractivity contribution in [1.82, 2.24) is 4.90 Å². The van der Waals surface area contributed by atoms with Gasteiger partial charge in [0.1, 0.15) is 11.6 Å². The van der Waals surface area contributed by atoms with Gasteiger partial charge in [0, 0.05) is 18.2 Å². The van der Waals surface area contributed by atoms with Gasteiger partial charge in [0.05, 0.1) is 24.2 Å². The van der Waals surface area contributed by atoms with Crippen LogP contribution in [0.15, 0.2) is 18.2 Å². The molecule has 1 fully saturated rings. The van der Waals surface area contributed by atoms with Crippen molar-refractivity contribution < 1.29 is 31.9 Å². The van der Waals surface area contributed by atoms with Gasteiger partial charge in [-0.1, -0.05) is 6.92 Å². The third-order valence-electron chi connectivity index (χ3n) is 4.68. The van der Waals surface area contributed by atoms with Crippen molar-refractivity contribution in [3.8, 4) is 5.75 Å². The summed E-state index contributed by atoms with van der Waals surface area (Å²) in [6, 6.07) is 3.04. The van der Waals surface area contributed by atoms with Crippen molar-refractivity contribution in [2.24, 2.45) is 0 Å². The highest BCUT2D eigenvalue weighted by atomic mass is 32.2. The van der Waals surface area contributed by atoms with Crippen LogP contribution in [0, 0.1) is 5.82 Å². The summed E-state index contributed by atoms with van der Waals surface area (Å²) in [5, 5.41) is 0. The molecule has 1 heterocycles. The Bertz CT molecular complexity index is 810. The summed E-state index contributed by atoms with van der Waals surface area (Å²) in [6.45, 7) is 3.12. The number of hydrogen-bond donors (Lipinski definition) is 0. The zero-order chi connectivity index (χ0) is 20.2. The molecule has 1 aromatic rings. The van der Waals surface area contributed by atoms with Crippen molar-refractivity contribution in [2.75, 3.05) is 25.2 Å². The molecule has 1 aliphatic rings. The molecular weight excluding hydrogens is 377 g/mol. The zero-order valence-corrected chi connectivity index (χ0v) is 16.4. The molecule has 0 aromatic heterocycles. The molecule has 7 nitrogen and oxygen atoms in total. The number of halogens is 1. The largest absolute Gasteiger partial charge is 0.497 e. The number of benzene rings is 1. The Morgan fingerprint density at radius 3 is 2.59 bits per heavy atom. The molecule has 9 heteroatoms. The highest BCUT2D eigenvalue weighted by Crippen LogP contribution is 2.22. The van der Waals surface area contributed by atoms with E-state index in [0.717, 1.165) is 6.07 Å². The van der Waals surface area contributed by atoms with Crippen LogP contribution in [0.1, 0.15) is 37.0 Å². The van der Waals surface area contributed by atoms with Gasteiger partial charge < -0.3 is 14.4 Å². The molecule has 0 aliphatic carbocycles. The van der Waals surface area contributed by atoms with E-state index in [0.29, 0.717) is 12.8 Å². The Hall–Kier alpha value is -2.16. The second-order valence-electron chi connectivity index (χ2n) is 6.54. The van der Waals surface area contributed by atoms with Crippen LogP contribution in [0.3, 0.4) is 0 Å². The molecule has 0 radical (unpaired) electrons. The van der Waals surface area contributed by atoms with Crippen LogP contribution in [0.5, 0.6) is 5.75 Å². The molecule has 0 spiro atoms. The summed E-state index contributed by atoms with van der Waals surface area (Å²) in [6.07, 6.45) is 0.989. The highest BCUT2D eigenvalue weighted by Gasteiger charge is 2.36.